The number of rotatable bonds is 7. The summed E-state index contributed by atoms with van der Waals surface area (Å²) in [4.78, 5) is 16.7. The Balaban J connectivity index is 1.61. The molecule has 1 heterocycles. The average molecular weight is 386 g/mol. The van der Waals surface area contributed by atoms with Gasteiger partial charge in [0.05, 0.1) is 11.6 Å². The molecular weight excluding hydrogens is 366 g/mol. The summed E-state index contributed by atoms with van der Waals surface area (Å²) in [7, 11) is 0. The largest absolute Gasteiger partial charge is 0.480 e. The molecule has 6 nitrogen and oxygen atoms in total. The van der Waals surface area contributed by atoms with Gasteiger partial charge in [-0.2, -0.15) is 4.98 Å². The highest BCUT2D eigenvalue weighted by Crippen LogP contribution is 2.24. The Kier molecular flexibility index (Phi) is 6.08. The number of benzene rings is 2. The molecule has 0 aliphatic carbocycles. The summed E-state index contributed by atoms with van der Waals surface area (Å²) in [5.41, 5.74) is 1.65. The molecule has 2 aromatic carbocycles. The maximum Gasteiger partial charge on any atom is 0.261 e. The maximum atomic E-state index is 12.4. The number of aryl methyl sites for hydroxylation is 1. The van der Waals surface area contributed by atoms with E-state index in [9.17, 15) is 4.79 Å². The van der Waals surface area contributed by atoms with Crippen LogP contribution in [0.1, 0.15) is 24.8 Å². The van der Waals surface area contributed by atoms with Gasteiger partial charge in [0, 0.05) is 5.56 Å². The second-order valence-corrected chi connectivity index (χ2v) is 6.40. The summed E-state index contributed by atoms with van der Waals surface area (Å²) in [6, 6.07) is 14.8. The Hall–Kier alpha value is -2.86. The molecule has 1 atom stereocenters. The highest BCUT2D eigenvalue weighted by Gasteiger charge is 2.20. The van der Waals surface area contributed by atoms with Crippen molar-refractivity contribution in [3.63, 3.8) is 0 Å². The van der Waals surface area contributed by atoms with E-state index in [1.807, 2.05) is 50.2 Å². The Morgan fingerprint density at radius 3 is 2.70 bits per heavy atom. The van der Waals surface area contributed by atoms with E-state index in [0.29, 0.717) is 34.5 Å². The molecule has 0 spiro atoms. The van der Waals surface area contributed by atoms with Gasteiger partial charge in [-0.25, -0.2) is 0 Å². The highest BCUT2D eigenvalue weighted by molar-refractivity contribution is 6.33. The second-order valence-electron chi connectivity index (χ2n) is 5.99. The number of para-hydroxylation sites is 1. The molecule has 0 aliphatic rings. The average Bonchev–Trinajstić information content (AvgIpc) is 3.14. The SMILES string of the molecule is CC[C@H](Oc1ccccc1C)C(=O)NCc1nc(-c2ccccc2Cl)no1. The number of carbonyl (C=O) groups excluding carboxylic acids is 1. The van der Waals surface area contributed by atoms with Crippen LogP contribution in [0.4, 0.5) is 0 Å². The minimum Gasteiger partial charge on any atom is -0.480 e. The molecule has 1 aromatic heterocycles. The van der Waals surface area contributed by atoms with E-state index in [0.717, 1.165) is 5.56 Å². The van der Waals surface area contributed by atoms with Gasteiger partial charge in [0.1, 0.15) is 5.75 Å². The number of amides is 1. The van der Waals surface area contributed by atoms with Gasteiger partial charge in [-0.1, -0.05) is 54.0 Å². The first-order valence-electron chi connectivity index (χ1n) is 8.66. The minimum absolute atomic E-state index is 0.115. The van der Waals surface area contributed by atoms with Crippen LogP contribution < -0.4 is 10.1 Å². The molecule has 3 aromatic rings. The van der Waals surface area contributed by atoms with Crippen LogP contribution in [0.15, 0.2) is 53.1 Å². The fourth-order valence-electron chi connectivity index (χ4n) is 2.52. The molecule has 1 N–H and O–H groups in total. The Morgan fingerprint density at radius 1 is 1.22 bits per heavy atom. The fraction of sp³-hybridized carbons (Fsp3) is 0.250. The van der Waals surface area contributed by atoms with Gasteiger partial charge >= 0.3 is 0 Å². The van der Waals surface area contributed by atoms with Crippen molar-refractivity contribution in [1.29, 1.82) is 0 Å². The number of ether oxygens (including phenoxy) is 1. The van der Waals surface area contributed by atoms with Gasteiger partial charge < -0.3 is 14.6 Å². The van der Waals surface area contributed by atoms with Crippen LogP contribution >= 0.6 is 11.6 Å². The number of aromatic nitrogens is 2. The summed E-state index contributed by atoms with van der Waals surface area (Å²) < 4.78 is 11.0. The topological polar surface area (TPSA) is 77.2 Å². The lowest BCUT2D eigenvalue weighted by atomic mass is 10.2. The van der Waals surface area contributed by atoms with Crippen molar-refractivity contribution < 1.29 is 14.1 Å². The summed E-state index contributed by atoms with van der Waals surface area (Å²) in [6.45, 7) is 3.95. The molecule has 0 saturated carbocycles. The normalized spacial score (nSPS) is 11.8. The number of hydrogen-bond acceptors (Lipinski definition) is 5. The Bertz CT molecular complexity index is 926. The fourth-order valence-corrected chi connectivity index (χ4v) is 2.74. The van der Waals surface area contributed by atoms with E-state index in [1.165, 1.54) is 0 Å². The lowest BCUT2D eigenvalue weighted by Crippen LogP contribution is -2.37. The van der Waals surface area contributed by atoms with Crippen molar-refractivity contribution in [2.45, 2.75) is 32.9 Å². The van der Waals surface area contributed by atoms with E-state index in [2.05, 4.69) is 15.5 Å². The van der Waals surface area contributed by atoms with Gasteiger partial charge in [0.25, 0.3) is 5.91 Å². The van der Waals surface area contributed by atoms with Gasteiger partial charge in [0.2, 0.25) is 11.7 Å². The molecule has 27 heavy (non-hydrogen) atoms. The molecule has 7 heteroatoms. The van der Waals surface area contributed by atoms with E-state index in [1.54, 1.807) is 12.1 Å². The molecule has 0 unspecified atom stereocenters. The number of nitrogens with one attached hydrogen (secondary N) is 1. The van der Waals surface area contributed by atoms with E-state index >= 15 is 0 Å². The minimum atomic E-state index is -0.600. The van der Waals surface area contributed by atoms with Crippen LogP contribution in [0.2, 0.25) is 5.02 Å². The zero-order valence-electron chi connectivity index (χ0n) is 15.1. The lowest BCUT2D eigenvalue weighted by molar-refractivity contribution is -0.128. The quantitative estimate of drug-likeness (QED) is 0.660. The molecule has 0 fully saturated rings. The van der Waals surface area contributed by atoms with Crippen molar-refractivity contribution >= 4 is 17.5 Å². The Morgan fingerprint density at radius 2 is 1.96 bits per heavy atom. The molecular formula is C20H20ClN3O3. The van der Waals surface area contributed by atoms with Crippen LogP contribution in [0, 0.1) is 6.92 Å². The third-order valence-electron chi connectivity index (χ3n) is 4.02. The molecule has 0 aliphatic heterocycles. The molecule has 1 amide bonds. The zero-order valence-corrected chi connectivity index (χ0v) is 15.9. The molecule has 3 rings (SSSR count). The first kappa shape index (κ1) is 18.9. The molecule has 140 valence electrons. The number of nitrogens with zero attached hydrogens (tertiary/aromatic N) is 2. The summed E-state index contributed by atoms with van der Waals surface area (Å²) in [5.74, 6) is 1.13. The zero-order chi connectivity index (χ0) is 19.2. The second kappa shape index (κ2) is 8.68. The van der Waals surface area contributed by atoms with E-state index < -0.39 is 6.10 Å². The summed E-state index contributed by atoms with van der Waals surface area (Å²) in [6.07, 6.45) is -0.0634. The lowest BCUT2D eigenvalue weighted by Gasteiger charge is -2.18. The number of halogens is 1. The monoisotopic (exact) mass is 385 g/mol. The van der Waals surface area contributed by atoms with Crippen molar-refractivity contribution in [1.82, 2.24) is 15.5 Å². The molecule has 0 saturated heterocycles. The Labute approximate surface area is 162 Å². The van der Waals surface area contributed by atoms with E-state index in [4.69, 9.17) is 20.9 Å². The highest BCUT2D eigenvalue weighted by atomic mass is 35.5. The van der Waals surface area contributed by atoms with Crippen molar-refractivity contribution in [3.05, 3.63) is 65.0 Å². The summed E-state index contributed by atoms with van der Waals surface area (Å²) in [5, 5.41) is 7.23. The van der Waals surface area contributed by atoms with Crippen LogP contribution in [-0.2, 0) is 11.3 Å². The first-order chi connectivity index (χ1) is 13.1. The van der Waals surface area contributed by atoms with Crippen LogP contribution in [0.5, 0.6) is 5.75 Å². The predicted octanol–water partition coefficient (Wildman–Crippen LogP) is 4.17. The maximum absolute atomic E-state index is 12.4. The predicted molar refractivity (Wildman–Crippen MR) is 102 cm³/mol. The van der Waals surface area contributed by atoms with Crippen molar-refractivity contribution in [3.8, 4) is 17.1 Å². The van der Waals surface area contributed by atoms with Gasteiger partial charge in [-0.3, -0.25) is 4.79 Å². The first-order valence-corrected chi connectivity index (χ1v) is 9.03. The van der Waals surface area contributed by atoms with Crippen LogP contribution in [-0.4, -0.2) is 22.2 Å². The summed E-state index contributed by atoms with van der Waals surface area (Å²) >= 11 is 6.14. The van der Waals surface area contributed by atoms with Gasteiger partial charge in [0.15, 0.2) is 6.10 Å². The molecule has 0 bridgehead atoms. The van der Waals surface area contributed by atoms with Crippen LogP contribution in [0.25, 0.3) is 11.4 Å². The van der Waals surface area contributed by atoms with Crippen molar-refractivity contribution in [2.24, 2.45) is 0 Å². The smallest absolute Gasteiger partial charge is 0.261 e. The standard InChI is InChI=1S/C20H20ClN3O3/c1-3-16(26-17-11-7-4-8-13(17)2)20(25)22-12-18-23-19(24-27-18)14-9-5-6-10-15(14)21/h4-11,16H,3,12H2,1-2H3,(H,22,25)/t16-/m0/s1. The number of hydrogen-bond donors (Lipinski definition) is 1. The number of carbonyl (C=O) groups is 1. The third-order valence-corrected chi connectivity index (χ3v) is 4.35. The molecule has 0 radical (unpaired) electrons. The van der Waals surface area contributed by atoms with Crippen molar-refractivity contribution in [2.75, 3.05) is 0 Å². The third kappa shape index (κ3) is 4.65. The van der Waals surface area contributed by atoms with Crippen LogP contribution in [0.3, 0.4) is 0 Å². The van der Waals surface area contributed by atoms with E-state index in [-0.39, 0.29) is 12.5 Å². The van der Waals surface area contributed by atoms with Gasteiger partial charge in [-0.15, -0.1) is 0 Å². The van der Waals surface area contributed by atoms with Gasteiger partial charge in [-0.05, 0) is 37.1 Å².